The van der Waals surface area contributed by atoms with E-state index in [1.807, 2.05) is 0 Å². The molecule has 0 spiro atoms. The van der Waals surface area contributed by atoms with Crippen LogP contribution in [0.5, 0.6) is 0 Å². The fraction of sp³-hybridized carbons (Fsp3) is 0.111. The van der Waals surface area contributed by atoms with E-state index in [0.29, 0.717) is 10.7 Å². The van der Waals surface area contributed by atoms with Crippen molar-refractivity contribution in [3.8, 4) is 0 Å². The van der Waals surface area contributed by atoms with E-state index in [0.717, 1.165) is 10.2 Å². The Morgan fingerprint density at radius 3 is 3.13 bits per heavy atom. The van der Waals surface area contributed by atoms with Crippen LogP contribution in [0.3, 0.4) is 0 Å². The third kappa shape index (κ3) is 1.90. The molecule has 0 fully saturated rings. The highest BCUT2D eigenvalue weighted by Gasteiger charge is 2.07. The maximum Gasteiger partial charge on any atom is 0.274 e. The van der Waals surface area contributed by atoms with Gasteiger partial charge in [0.25, 0.3) is 5.91 Å². The minimum atomic E-state index is -0.286. The van der Waals surface area contributed by atoms with Gasteiger partial charge >= 0.3 is 0 Å². The highest BCUT2D eigenvalue weighted by molar-refractivity contribution is 7.22. The molecule has 1 aromatic heterocycles. The monoisotopic (exact) mass is 223 g/mol. The van der Waals surface area contributed by atoms with Crippen molar-refractivity contribution in [1.82, 2.24) is 10.5 Å². The molecular formula is C9H9N3O2S. The number of hydrogen-bond donors (Lipinski definition) is 2. The maximum absolute atomic E-state index is 11.4. The van der Waals surface area contributed by atoms with Gasteiger partial charge in [-0.25, -0.2) is 10.5 Å². The zero-order valence-corrected chi connectivity index (χ0v) is 8.80. The minimum absolute atomic E-state index is 0.286. The number of nitrogens with one attached hydrogen (secondary N) is 1. The third-order valence-corrected chi connectivity index (χ3v) is 2.71. The van der Waals surface area contributed by atoms with Gasteiger partial charge in [0.05, 0.1) is 17.3 Å². The van der Waals surface area contributed by atoms with Gasteiger partial charge in [-0.3, -0.25) is 9.63 Å². The molecule has 0 atom stereocenters. The molecule has 2 aromatic rings. The van der Waals surface area contributed by atoms with Crippen molar-refractivity contribution >= 4 is 32.6 Å². The Hall–Kier alpha value is -1.66. The van der Waals surface area contributed by atoms with Crippen LogP contribution < -0.4 is 11.2 Å². The Kier molecular flexibility index (Phi) is 2.53. The molecule has 0 radical (unpaired) electrons. The lowest BCUT2D eigenvalue weighted by atomic mass is 10.2. The number of aromatic nitrogens is 1. The third-order valence-electron chi connectivity index (χ3n) is 1.86. The molecule has 1 amide bonds. The predicted molar refractivity (Wildman–Crippen MR) is 58.5 cm³/mol. The van der Waals surface area contributed by atoms with Gasteiger partial charge in [0, 0.05) is 5.56 Å². The number of amides is 1. The van der Waals surface area contributed by atoms with E-state index in [4.69, 9.17) is 5.73 Å². The molecule has 3 N–H and O–H groups in total. The SMILES string of the molecule is CONC(=O)c1ccc2nc(N)sc2c1. The number of fused-ring (bicyclic) bond motifs is 1. The second-order valence-corrected chi connectivity index (χ2v) is 3.93. The molecule has 0 saturated carbocycles. The van der Waals surface area contributed by atoms with Gasteiger partial charge in [0.1, 0.15) is 0 Å². The van der Waals surface area contributed by atoms with Crippen LogP contribution in [0.4, 0.5) is 5.13 Å². The van der Waals surface area contributed by atoms with E-state index in [1.165, 1.54) is 18.4 Å². The van der Waals surface area contributed by atoms with Crippen LogP contribution in [-0.2, 0) is 4.84 Å². The Morgan fingerprint density at radius 2 is 2.40 bits per heavy atom. The summed E-state index contributed by atoms with van der Waals surface area (Å²) >= 11 is 1.35. The van der Waals surface area contributed by atoms with Gasteiger partial charge in [0.2, 0.25) is 0 Å². The minimum Gasteiger partial charge on any atom is -0.375 e. The van der Waals surface area contributed by atoms with E-state index in [9.17, 15) is 4.79 Å². The number of nitrogens with zero attached hydrogens (tertiary/aromatic N) is 1. The lowest BCUT2D eigenvalue weighted by molar-refractivity contribution is 0.0538. The average Bonchev–Trinajstić information content (AvgIpc) is 2.57. The highest BCUT2D eigenvalue weighted by atomic mass is 32.1. The molecule has 1 heterocycles. The molecular weight excluding hydrogens is 214 g/mol. The number of carbonyl (C=O) groups excluding carboxylic acids is 1. The molecule has 0 bridgehead atoms. The number of nitrogen functional groups attached to an aromatic ring is 1. The Morgan fingerprint density at radius 1 is 1.60 bits per heavy atom. The number of rotatable bonds is 2. The van der Waals surface area contributed by atoms with Crippen LogP contribution in [0.15, 0.2) is 18.2 Å². The predicted octanol–water partition coefficient (Wildman–Crippen LogP) is 1.17. The first-order chi connectivity index (χ1) is 7.20. The largest absolute Gasteiger partial charge is 0.375 e. The Labute approximate surface area is 89.8 Å². The summed E-state index contributed by atoms with van der Waals surface area (Å²) in [5, 5.41) is 0.495. The fourth-order valence-electron chi connectivity index (χ4n) is 1.24. The second-order valence-electron chi connectivity index (χ2n) is 2.87. The maximum atomic E-state index is 11.4. The van der Waals surface area contributed by atoms with Crippen molar-refractivity contribution in [2.24, 2.45) is 0 Å². The van der Waals surface area contributed by atoms with Crippen molar-refractivity contribution in [3.63, 3.8) is 0 Å². The number of benzene rings is 1. The summed E-state index contributed by atoms with van der Waals surface area (Å²) in [7, 11) is 1.39. The van der Waals surface area contributed by atoms with Crippen molar-refractivity contribution in [3.05, 3.63) is 23.8 Å². The summed E-state index contributed by atoms with van der Waals surface area (Å²) in [5.74, 6) is -0.286. The van der Waals surface area contributed by atoms with Crippen LogP contribution in [0, 0.1) is 0 Å². The van der Waals surface area contributed by atoms with Gasteiger partial charge in [0.15, 0.2) is 5.13 Å². The van der Waals surface area contributed by atoms with Crippen molar-refractivity contribution in [2.75, 3.05) is 12.8 Å². The zero-order chi connectivity index (χ0) is 10.8. The number of carbonyl (C=O) groups is 1. The Bertz CT molecular complexity index is 509. The topological polar surface area (TPSA) is 77.2 Å². The number of hydroxylamine groups is 1. The molecule has 15 heavy (non-hydrogen) atoms. The summed E-state index contributed by atoms with van der Waals surface area (Å²) in [5.41, 5.74) is 9.12. The molecule has 5 nitrogen and oxygen atoms in total. The van der Waals surface area contributed by atoms with Crippen LogP contribution in [0.1, 0.15) is 10.4 Å². The number of anilines is 1. The van der Waals surface area contributed by atoms with Gasteiger partial charge in [-0.05, 0) is 18.2 Å². The second kappa shape index (κ2) is 3.84. The summed E-state index contributed by atoms with van der Waals surface area (Å²) in [6.07, 6.45) is 0. The lowest BCUT2D eigenvalue weighted by Crippen LogP contribution is -2.21. The van der Waals surface area contributed by atoms with Gasteiger partial charge in [-0.2, -0.15) is 0 Å². The molecule has 0 unspecified atom stereocenters. The molecule has 0 aliphatic rings. The van der Waals surface area contributed by atoms with Gasteiger partial charge in [-0.15, -0.1) is 0 Å². The van der Waals surface area contributed by atoms with Gasteiger partial charge < -0.3 is 5.73 Å². The molecule has 78 valence electrons. The highest BCUT2D eigenvalue weighted by Crippen LogP contribution is 2.24. The Balaban J connectivity index is 2.41. The smallest absolute Gasteiger partial charge is 0.274 e. The van der Waals surface area contributed by atoms with E-state index < -0.39 is 0 Å². The average molecular weight is 223 g/mol. The van der Waals surface area contributed by atoms with Gasteiger partial charge in [-0.1, -0.05) is 11.3 Å². The molecule has 0 aliphatic heterocycles. The number of nitrogens with two attached hydrogens (primary N) is 1. The first-order valence-electron chi connectivity index (χ1n) is 4.20. The molecule has 0 saturated heterocycles. The van der Waals surface area contributed by atoms with E-state index in [1.54, 1.807) is 18.2 Å². The van der Waals surface area contributed by atoms with Crippen LogP contribution in [0.25, 0.3) is 10.2 Å². The molecule has 0 aliphatic carbocycles. The number of thiazole rings is 1. The normalized spacial score (nSPS) is 10.5. The quantitative estimate of drug-likeness (QED) is 0.749. The van der Waals surface area contributed by atoms with E-state index in [-0.39, 0.29) is 5.91 Å². The number of hydrogen-bond acceptors (Lipinski definition) is 5. The van der Waals surface area contributed by atoms with Crippen LogP contribution in [-0.4, -0.2) is 18.0 Å². The van der Waals surface area contributed by atoms with E-state index in [2.05, 4.69) is 15.3 Å². The van der Waals surface area contributed by atoms with Crippen LogP contribution in [0.2, 0.25) is 0 Å². The van der Waals surface area contributed by atoms with Crippen molar-refractivity contribution < 1.29 is 9.63 Å². The van der Waals surface area contributed by atoms with Crippen molar-refractivity contribution in [1.29, 1.82) is 0 Å². The van der Waals surface area contributed by atoms with Crippen molar-refractivity contribution in [2.45, 2.75) is 0 Å². The summed E-state index contributed by atoms with van der Waals surface area (Å²) in [6, 6.07) is 5.17. The fourth-order valence-corrected chi connectivity index (χ4v) is 2.01. The lowest BCUT2D eigenvalue weighted by Gasteiger charge is -2.00. The standard InChI is InChI=1S/C9H9N3O2S/c1-14-12-8(13)5-2-3-6-7(4-5)15-9(10)11-6/h2-4H,1H3,(H2,10,11)(H,12,13). The molecule has 1 aromatic carbocycles. The zero-order valence-electron chi connectivity index (χ0n) is 7.98. The molecule has 2 rings (SSSR count). The first kappa shape index (κ1) is 9.88. The van der Waals surface area contributed by atoms with E-state index >= 15 is 0 Å². The van der Waals surface area contributed by atoms with Crippen LogP contribution >= 0.6 is 11.3 Å². The molecule has 6 heteroatoms. The first-order valence-corrected chi connectivity index (χ1v) is 5.02. The summed E-state index contributed by atoms with van der Waals surface area (Å²) < 4.78 is 0.885. The summed E-state index contributed by atoms with van der Waals surface area (Å²) in [6.45, 7) is 0. The summed E-state index contributed by atoms with van der Waals surface area (Å²) in [4.78, 5) is 20.0.